The number of rotatable bonds is 7. The van der Waals surface area contributed by atoms with Gasteiger partial charge in [0.25, 0.3) is 5.91 Å². The van der Waals surface area contributed by atoms with Gasteiger partial charge in [-0.3, -0.25) is 9.69 Å². The molecule has 7 nitrogen and oxygen atoms in total. The molecule has 1 fully saturated rings. The summed E-state index contributed by atoms with van der Waals surface area (Å²) >= 11 is 4.77. The molecule has 1 amide bonds. The van der Waals surface area contributed by atoms with E-state index in [1.807, 2.05) is 36.4 Å². The van der Waals surface area contributed by atoms with E-state index in [0.29, 0.717) is 26.0 Å². The highest BCUT2D eigenvalue weighted by molar-refractivity contribution is 9.10. The van der Waals surface area contributed by atoms with Gasteiger partial charge in [0, 0.05) is 0 Å². The molecule has 0 atom stereocenters. The fourth-order valence-electron chi connectivity index (χ4n) is 3.45. The number of hydrogen-bond acceptors (Lipinski definition) is 6. The highest BCUT2D eigenvalue weighted by Gasteiger charge is 2.33. The summed E-state index contributed by atoms with van der Waals surface area (Å²) in [5.74, 6) is -0.0876. The molecule has 0 radical (unpaired) electrons. The Balaban J connectivity index is 1.70. The van der Waals surface area contributed by atoms with Gasteiger partial charge in [0.05, 0.1) is 41.4 Å². The van der Waals surface area contributed by atoms with Gasteiger partial charge in [-0.2, -0.15) is 0 Å². The molecule has 1 aliphatic heterocycles. The summed E-state index contributed by atoms with van der Waals surface area (Å²) in [5.41, 5.74) is 2.47. The van der Waals surface area contributed by atoms with E-state index in [9.17, 15) is 9.59 Å². The average molecular weight is 553 g/mol. The van der Waals surface area contributed by atoms with E-state index in [-0.39, 0.29) is 18.0 Å². The van der Waals surface area contributed by atoms with E-state index in [1.54, 1.807) is 43.4 Å². The smallest absolute Gasteiger partial charge is 0.335 e. The Bertz CT molecular complexity index is 1320. The molecule has 0 spiro atoms. The molecule has 0 aromatic heterocycles. The van der Waals surface area contributed by atoms with Crippen molar-refractivity contribution >= 4 is 56.5 Å². The van der Waals surface area contributed by atoms with Gasteiger partial charge in [-0.25, -0.2) is 9.79 Å². The maximum atomic E-state index is 13.4. The molecular weight excluding hydrogens is 532 g/mol. The summed E-state index contributed by atoms with van der Waals surface area (Å²) in [6.45, 7) is 0.254. The first kappa shape index (κ1) is 24.6. The molecule has 3 aromatic carbocycles. The van der Waals surface area contributed by atoms with E-state index in [1.165, 1.54) is 23.9 Å². The minimum absolute atomic E-state index is 0.189. The third kappa shape index (κ3) is 5.58. The van der Waals surface area contributed by atoms with Crippen LogP contribution in [0.25, 0.3) is 6.08 Å². The molecule has 1 aliphatic rings. The van der Waals surface area contributed by atoms with Crippen LogP contribution in [0.2, 0.25) is 0 Å². The minimum Gasteiger partial charge on any atom is -0.493 e. The summed E-state index contributed by atoms with van der Waals surface area (Å²) < 4.78 is 11.5. The van der Waals surface area contributed by atoms with Crippen LogP contribution in [-0.4, -0.2) is 41.3 Å². The lowest BCUT2D eigenvalue weighted by Crippen LogP contribution is -2.28. The maximum Gasteiger partial charge on any atom is 0.335 e. The Morgan fingerprint density at radius 2 is 1.80 bits per heavy atom. The van der Waals surface area contributed by atoms with E-state index in [2.05, 4.69) is 15.9 Å². The van der Waals surface area contributed by atoms with E-state index >= 15 is 0 Å². The zero-order valence-electron chi connectivity index (χ0n) is 18.9. The monoisotopic (exact) mass is 552 g/mol. The predicted octanol–water partition coefficient (Wildman–Crippen LogP) is 5.97. The van der Waals surface area contributed by atoms with Gasteiger partial charge in [0.1, 0.15) is 0 Å². The summed E-state index contributed by atoms with van der Waals surface area (Å²) in [6.07, 6.45) is 1.79. The third-order valence-corrected chi connectivity index (χ3v) is 6.76. The van der Waals surface area contributed by atoms with Crippen molar-refractivity contribution in [1.82, 2.24) is 4.90 Å². The van der Waals surface area contributed by atoms with Crippen molar-refractivity contribution in [3.8, 4) is 11.5 Å². The molecule has 1 heterocycles. The van der Waals surface area contributed by atoms with Crippen molar-refractivity contribution in [2.45, 2.75) is 6.54 Å². The molecule has 4 rings (SSSR count). The summed E-state index contributed by atoms with van der Waals surface area (Å²) in [7, 11) is 3.11. The number of aliphatic imine (C=N–C) groups is 1. The van der Waals surface area contributed by atoms with Gasteiger partial charge in [-0.05, 0) is 81.3 Å². The Morgan fingerprint density at radius 3 is 2.43 bits per heavy atom. The van der Waals surface area contributed by atoms with Gasteiger partial charge in [0.15, 0.2) is 16.7 Å². The molecule has 0 unspecified atom stereocenters. The third-order valence-electron chi connectivity index (χ3n) is 5.16. The zero-order chi connectivity index (χ0) is 24.9. The van der Waals surface area contributed by atoms with E-state index < -0.39 is 5.97 Å². The number of amidine groups is 1. The second kappa shape index (κ2) is 10.8. The molecule has 178 valence electrons. The number of carbonyl (C=O) groups excluding carboxylic acids is 1. The Hall–Kier alpha value is -3.56. The molecule has 35 heavy (non-hydrogen) atoms. The SMILES string of the molecule is COc1cc(/C=C2/SC(=Nc3ccccc3)N(Cc3ccc(C(=O)O)cc3)C2=O)cc(Br)c1OC. The quantitative estimate of drug-likeness (QED) is 0.363. The molecular formula is C26H21BrN2O5S. The lowest BCUT2D eigenvalue weighted by molar-refractivity contribution is -0.122. The second-order valence-electron chi connectivity index (χ2n) is 7.47. The van der Waals surface area contributed by atoms with Crippen LogP contribution in [0.3, 0.4) is 0 Å². The number of carbonyl (C=O) groups is 2. The normalized spacial score (nSPS) is 15.6. The standard InChI is InChI=1S/C26H21BrN2O5S/c1-33-21-13-17(12-20(27)23(21)34-2)14-22-24(30)29(15-16-8-10-18(11-9-16)25(31)32)26(35-22)28-19-6-4-3-5-7-19/h3-14H,15H2,1-2H3,(H,31,32)/b22-14+,28-26?. The number of carboxylic acid groups (broad SMARTS) is 1. The van der Waals surface area contributed by atoms with Crippen molar-refractivity contribution in [3.63, 3.8) is 0 Å². The van der Waals surface area contributed by atoms with E-state index in [4.69, 9.17) is 19.6 Å². The topological polar surface area (TPSA) is 88.4 Å². The Kier molecular flexibility index (Phi) is 7.57. The fourth-order valence-corrected chi connectivity index (χ4v) is 5.07. The lowest BCUT2D eigenvalue weighted by atomic mass is 10.1. The first-order chi connectivity index (χ1) is 16.9. The summed E-state index contributed by atoms with van der Waals surface area (Å²) in [6, 6.07) is 19.5. The molecule has 0 bridgehead atoms. The van der Waals surface area contributed by atoms with Crippen LogP contribution in [0, 0.1) is 0 Å². The average Bonchev–Trinajstić information content (AvgIpc) is 3.13. The van der Waals surface area contributed by atoms with Crippen LogP contribution < -0.4 is 9.47 Å². The Labute approximate surface area is 215 Å². The van der Waals surface area contributed by atoms with Gasteiger partial charge in [-0.1, -0.05) is 30.3 Å². The molecule has 1 saturated heterocycles. The lowest BCUT2D eigenvalue weighted by Gasteiger charge is -2.16. The van der Waals surface area contributed by atoms with Crippen molar-refractivity contribution in [2.24, 2.45) is 4.99 Å². The van der Waals surface area contributed by atoms with Crippen molar-refractivity contribution in [3.05, 3.63) is 92.8 Å². The second-order valence-corrected chi connectivity index (χ2v) is 9.34. The molecule has 3 aromatic rings. The number of thioether (sulfide) groups is 1. The van der Waals surface area contributed by atoms with Crippen LogP contribution in [0.1, 0.15) is 21.5 Å². The number of para-hydroxylation sites is 1. The number of halogens is 1. The number of carboxylic acids is 1. The van der Waals surface area contributed by atoms with Crippen LogP contribution in [0.4, 0.5) is 5.69 Å². The van der Waals surface area contributed by atoms with Crippen LogP contribution >= 0.6 is 27.7 Å². The molecule has 0 saturated carbocycles. The molecule has 1 N–H and O–H groups in total. The van der Waals surface area contributed by atoms with Crippen molar-refractivity contribution in [1.29, 1.82) is 0 Å². The number of nitrogens with zero attached hydrogens (tertiary/aromatic N) is 2. The van der Waals surface area contributed by atoms with Crippen LogP contribution in [-0.2, 0) is 11.3 Å². The van der Waals surface area contributed by atoms with Gasteiger partial charge in [0.2, 0.25) is 0 Å². The number of amides is 1. The predicted molar refractivity (Wildman–Crippen MR) is 140 cm³/mol. The number of ether oxygens (including phenoxy) is 2. The number of methoxy groups -OCH3 is 2. The van der Waals surface area contributed by atoms with Gasteiger partial charge in [-0.15, -0.1) is 0 Å². The Morgan fingerprint density at radius 1 is 1.09 bits per heavy atom. The van der Waals surface area contributed by atoms with Gasteiger partial charge >= 0.3 is 5.97 Å². The van der Waals surface area contributed by atoms with Crippen LogP contribution in [0.5, 0.6) is 11.5 Å². The first-order valence-corrected chi connectivity index (χ1v) is 12.1. The molecule has 9 heteroatoms. The highest BCUT2D eigenvalue weighted by Crippen LogP contribution is 2.39. The number of hydrogen-bond donors (Lipinski definition) is 1. The van der Waals surface area contributed by atoms with Crippen molar-refractivity contribution in [2.75, 3.05) is 14.2 Å². The first-order valence-electron chi connectivity index (χ1n) is 10.5. The minimum atomic E-state index is -0.998. The molecule has 0 aliphatic carbocycles. The fraction of sp³-hybridized carbons (Fsp3) is 0.115. The number of benzene rings is 3. The highest BCUT2D eigenvalue weighted by atomic mass is 79.9. The summed E-state index contributed by atoms with van der Waals surface area (Å²) in [5, 5.41) is 9.69. The maximum absolute atomic E-state index is 13.4. The van der Waals surface area contributed by atoms with E-state index in [0.717, 1.165) is 16.8 Å². The number of aromatic carboxylic acids is 1. The zero-order valence-corrected chi connectivity index (χ0v) is 21.3. The summed E-state index contributed by atoms with van der Waals surface area (Å²) in [4.78, 5) is 31.4. The van der Waals surface area contributed by atoms with Gasteiger partial charge < -0.3 is 14.6 Å². The largest absolute Gasteiger partial charge is 0.493 e. The van der Waals surface area contributed by atoms with Crippen LogP contribution in [0.15, 0.2) is 81.1 Å². The van der Waals surface area contributed by atoms with Crippen molar-refractivity contribution < 1.29 is 24.2 Å².